The molecule has 3 nitrogen and oxygen atoms in total. The van der Waals surface area contributed by atoms with Crippen molar-refractivity contribution in [1.82, 2.24) is 0 Å². The second kappa shape index (κ2) is 5.14. The van der Waals surface area contributed by atoms with Crippen molar-refractivity contribution in [3.8, 4) is 11.5 Å². The molecular weight excluding hydrogens is 240 g/mol. The summed E-state index contributed by atoms with van der Waals surface area (Å²) in [5, 5.41) is 0. The molecule has 0 spiro atoms. The molecule has 0 amide bonds. The molecule has 1 aliphatic rings. The van der Waals surface area contributed by atoms with Crippen molar-refractivity contribution >= 4 is 5.97 Å². The Labute approximate surface area is 111 Å². The van der Waals surface area contributed by atoms with Gasteiger partial charge in [-0.05, 0) is 23.6 Å². The molecule has 0 radical (unpaired) electrons. The molecule has 0 saturated heterocycles. The Hall–Kier alpha value is -2.29. The van der Waals surface area contributed by atoms with Crippen LogP contribution in [0.1, 0.15) is 17.5 Å². The Balaban J connectivity index is 1.72. The van der Waals surface area contributed by atoms with Gasteiger partial charge in [-0.2, -0.15) is 0 Å². The summed E-state index contributed by atoms with van der Waals surface area (Å²) in [5.41, 5.74) is 2.17. The topological polar surface area (TPSA) is 35.5 Å². The Morgan fingerprint density at radius 1 is 1.05 bits per heavy atom. The van der Waals surface area contributed by atoms with Crippen LogP contribution >= 0.6 is 0 Å². The van der Waals surface area contributed by atoms with E-state index in [1.165, 1.54) is 0 Å². The van der Waals surface area contributed by atoms with E-state index in [1.54, 1.807) is 6.07 Å². The fraction of sp³-hybridized carbons (Fsp3) is 0.188. The highest BCUT2D eigenvalue weighted by atomic mass is 16.5. The van der Waals surface area contributed by atoms with E-state index in [9.17, 15) is 4.79 Å². The van der Waals surface area contributed by atoms with Crippen molar-refractivity contribution in [2.24, 2.45) is 0 Å². The van der Waals surface area contributed by atoms with Gasteiger partial charge in [-0.25, -0.2) is 0 Å². The average Bonchev–Trinajstić information content (AvgIpc) is 2.46. The highest BCUT2D eigenvalue weighted by Crippen LogP contribution is 2.29. The smallest absolute Gasteiger partial charge is 0.311 e. The zero-order valence-corrected chi connectivity index (χ0v) is 10.5. The lowest BCUT2D eigenvalue weighted by Crippen LogP contribution is -2.15. The van der Waals surface area contributed by atoms with Crippen LogP contribution in [0.5, 0.6) is 11.5 Å². The van der Waals surface area contributed by atoms with Crippen molar-refractivity contribution < 1.29 is 14.3 Å². The summed E-state index contributed by atoms with van der Waals surface area (Å²) in [7, 11) is 0. The van der Waals surface area contributed by atoms with E-state index in [4.69, 9.17) is 9.47 Å². The first-order chi connectivity index (χ1) is 9.31. The number of ether oxygens (including phenoxy) is 2. The lowest BCUT2D eigenvalue weighted by atomic mass is 10.1. The first-order valence-corrected chi connectivity index (χ1v) is 6.31. The molecule has 0 saturated carbocycles. The molecular formula is C16H14O3. The van der Waals surface area contributed by atoms with E-state index in [0.29, 0.717) is 18.8 Å². The Kier molecular flexibility index (Phi) is 3.19. The van der Waals surface area contributed by atoms with Gasteiger partial charge < -0.3 is 9.47 Å². The molecule has 19 heavy (non-hydrogen) atoms. The van der Waals surface area contributed by atoms with E-state index in [2.05, 4.69) is 0 Å². The minimum Gasteiger partial charge on any atom is -0.489 e. The monoisotopic (exact) mass is 254 g/mol. The lowest BCUT2D eigenvalue weighted by Gasteiger charge is -2.16. The fourth-order valence-corrected chi connectivity index (χ4v) is 2.08. The van der Waals surface area contributed by atoms with Crippen LogP contribution in [0.2, 0.25) is 0 Å². The molecule has 0 aromatic heterocycles. The third-order valence-electron chi connectivity index (χ3n) is 3.11. The first-order valence-electron chi connectivity index (χ1n) is 6.31. The lowest BCUT2D eigenvalue weighted by molar-refractivity contribution is -0.135. The first kappa shape index (κ1) is 11.8. The van der Waals surface area contributed by atoms with Crippen molar-refractivity contribution in [1.29, 1.82) is 0 Å². The molecule has 0 aliphatic carbocycles. The molecule has 96 valence electrons. The summed E-state index contributed by atoms with van der Waals surface area (Å²) in [6.45, 7) is 0.508. The molecule has 0 bridgehead atoms. The predicted molar refractivity (Wildman–Crippen MR) is 71.2 cm³/mol. The number of hydrogen-bond donors (Lipinski definition) is 0. The van der Waals surface area contributed by atoms with Crippen LogP contribution in [-0.2, 0) is 17.8 Å². The molecule has 3 heteroatoms. The highest BCUT2D eigenvalue weighted by molar-refractivity contribution is 5.75. The molecule has 0 N–H and O–H groups in total. The third kappa shape index (κ3) is 2.76. The number of esters is 1. The molecule has 2 aromatic carbocycles. The molecule has 2 aromatic rings. The van der Waals surface area contributed by atoms with Gasteiger partial charge in [-0.15, -0.1) is 0 Å². The van der Waals surface area contributed by atoms with Gasteiger partial charge in [0.05, 0.1) is 6.42 Å². The number of hydrogen-bond acceptors (Lipinski definition) is 3. The zero-order valence-electron chi connectivity index (χ0n) is 10.5. The fourth-order valence-electron chi connectivity index (χ4n) is 2.08. The van der Waals surface area contributed by atoms with Crippen LogP contribution in [0.4, 0.5) is 0 Å². The summed E-state index contributed by atoms with van der Waals surface area (Å²) >= 11 is 0. The molecule has 1 aliphatic heterocycles. The number of carbonyl (C=O) groups is 1. The van der Waals surface area contributed by atoms with Gasteiger partial charge in [0.15, 0.2) is 0 Å². The zero-order chi connectivity index (χ0) is 13.1. The summed E-state index contributed by atoms with van der Waals surface area (Å²) in [6.07, 6.45) is 1.20. The van der Waals surface area contributed by atoms with E-state index >= 15 is 0 Å². The van der Waals surface area contributed by atoms with Gasteiger partial charge in [0.25, 0.3) is 0 Å². The van der Waals surface area contributed by atoms with Gasteiger partial charge in [-0.1, -0.05) is 36.4 Å². The van der Waals surface area contributed by atoms with Crippen LogP contribution in [0, 0.1) is 0 Å². The minimum absolute atomic E-state index is 0.173. The third-order valence-corrected chi connectivity index (χ3v) is 3.11. The quantitative estimate of drug-likeness (QED) is 0.623. The van der Waals surface area contributed by atoms with Crippen LogP contribution < -0.4 is 9.47 Å². The van der Waals surface area contributed by atoms with Crippen LogP contribution in [0.25, 0.3) is 0 Å². The summed E-state index contributed by atoms with van der Waals surface area (Å²) in [4.78, 5) is 11.3. The molecule has 3 rings (SSSR count). The number of carbonyl (C=O) groups excluding carboxylic acids is 1. The summed E-state index contributed by atoms with van der Waals surface area (Å²) < 4.78 is 10.9. The minimum atomic E-state index is -0.173. The number of aryl methyl sites for hydroxylation is 1. The van der Waals surface area contributed by atoms with Crippen molar-refractivity contribution in [2.75, 3.05) is 0 Å². The Morgan fingerprint density at radius 2 is 1.89 bits per heavy atom. The highest BCUT2D eigenvalue weighted by Gasteiger charge is 2.17. The standard InChI is InChI=1S/C16H14O3/c17-16-9-7-13-6-8-14(10-15(13)19-16)18-11-12-4-2-1-3-5-12/h1-6,8,10H,7,9,11H2. The van der Waals surface area contributed by atoms with Gasteiger partial charge in [0.2, 0.25) is 0 Å². The Bertz CT molecular complexity index is 590. The van der Waals surface area contributed by atoms with E-state index in [0.717, 1.165) is 23.3 Å². The van der Waals surface area contributed by atoms with E-state index < -0.39 is 0 Å². The largest absolute Gasteiger partial charge is 0.489 e. The van der Waals surface area contributed by atoms with Crippen molar-refractivity contribution in [3.63, 3.8) is 0 Å². The van der Waals surface area contributed by atoms with Gasteiger partial charge in [0, 0.05) is 6.07 Å². The second-order valence-corrected chi connectivity index (χ2v) is 4.52. The number of rotatable bonds is 3. The van der Waals surface area contributed by atoms with Crippen molar-refractivity contribution in [2.45, 2.75) is 19.4 Å². The van der Waals surface area contributed by atoms with E-state index in [1.807, 2.05) is 42.5 Å². The number of benzene rings is 2. The van der Waals surface area contributed by atoms with Crippen LogP contribution in [-0.4, -0.2) is 5.97 Å². The number of fused-ring (bicyclic) bond motifs is 1. The Morgan fingerprint density at radius 3 is 2.74 bits per heavy atom. The summed E-state index contributed by atoms with van der Waals surface area (Å²) in [6, 6.07) is 15.6. The maximum Gasteiger partial charge on any atom is 0.311 e. The second-order valence-electron chi connectivity index (χ2n) is 4.52. The van der Waals surface area contributed by atoms with Gasteiger partial charge in [0.1, 0.15) is 18.1 Å². The normalized spacial score (nSPS) is 13.6. The molecule has 0 atom stereocenters. The molecule has 0 unspecified atom stereocenters. The summed E-state index contributed by atoms with van der Waals surface area (Å²) in [5.74, 6) is 1.17. The maximum absolute atomic E-state index is 11.3. The maximum atomic E-state index is 11.3. The SMILES string of the molecule is O=C1CCc2ccc(OCc3ccccc3)cc2O1. The van der Waals surface area contributed by atoms with Gasteiger partial charge >= 0.3 is 5.97 Å². The molecule has 0 fully saturated rings. The predicted octanol–water partition coefficient (Wildman–Crippen LogP) is 3.12. The van der Waals surface area contributed by atoms with Crippen LogP contribution in [0.15, 0.2) is 48.5 Å². The van der Waals surface area contributed by atoms with E-state index in [-0.39, 0.29) is 5.97 Å². The molecule has 1 heterocycles. The van der Waals surface area contributed by atoms with Gasteiger partial charge in [-0.3, -0.25) is 4.79 Å². The van der Waals surface area contributed by atoms with Crippen LogP contribution in [0.3, 0.4) is 0 Å². The average molecular weight is 254 g/mol. The van der Waals surface area contributed by atoms with Crippen molar-refractivity contribution in [3.05, 3.63) is 59.7 Å².